The number of para-hydroxylation sites is 1. The van der Waals surface area contributed by atoms with Gasteiger partial charge >= 0.3 is 0 Å². The number of amides is 2. The van der Waals surface area contributed by atoms with Crippen LogP contribution in [0.4, 0.5) is 0 Å². The van der Waals surface area contributed by atoms with E-state index in [-0.39, 0.29) is 5.56 Å². The third-order valence-electron chi connectivity index (χ3n) is 7.02. The number of methoxy groups -OCH3 is 1. The van der Waals surface area contributed by atoms with Crippen LogP contribution in [0.1, 0.15) is 11.1 Å². The van der Waals surface area contributed by atoms with E-state index in [0.29, 0.717) is 33.4 Å². The first kappa shape index (κ1) is 19.1. The molecule has 0 unspecified atom stereocenters. The van der Waals surface area contributed by atoms with E-state index in [1.54, 1.807) is 18.2 Å². The van der Waals surface area contributed by atoms with Crippen molar-refractivity contribution in [3.8, 4) is 17.1 Å². The quantitative estimate of drug-likeness (QED) is 0.449. The molecule has 0 radical (unpaired) electrons. The van der Waals surface area contributed by atoms with Gasteiger partial charge in [-0.3, -0.25) is 19.1 Å². The summed E-state index contributed by atoms with van der Waals surface area (Å²) in [6.07, 6.45) is 0. The molecule has 2 aromatic heterocycles. The van der Waals surface area contributed by atoms with Gasteiger partial charge in [-0.2, -0.15) is 0 Å². The molecule has 32 heavy (non-hydrogen) atoms. The molecular weight excluding hydrogens is 410 g/mol. The number of likely N-dealkylation sites (N-methyl/N-ethyl adjacent to an activating group) is 1. The average Bonchev–Trinajstić information content (AvgIpc) is 3.31. The summed E-state index contributed by atoms with van der Waals surface area (Å²) in [7, 11) is 4.63. The standard InChI is InChI=1S/C24H21N3O5/c1-12-9-10-16-14(11-12)20(32-4)19-18-17(13-7-5-6-8-15(13)25(18)2)23(30)21(28)26(3)22(29)24(23,31)27(16)19/h5-11,30-31H,1-4H3/t23-,24+/m1/s1. The Kier molecular flexibility index (Phi) is 3.34. The number of aliphatic hydroxyl groups is 2. The Balaban J connectivity index is 1.95. The molecule has 0 bridgehead atoms. The minimum atomic E-state index is -2.57. The topological polar surface area (TPSA) is 96.9 Å². The first-order chi connectivity index (χ1) is 15.2. The first-order valence-corrected chi connectivity index (χ1v) is 10.2. The number of hydrogen-bond acceptors (Lipinski definition) is 5. The Morgan fingerprint density at radius 1 is 0.906 bits per heavy atom. The lowest BCUT2D eigenvalue weighted by molar-refractivity contribution is -0.193. The van der Waals surface area contributed by atoms with Gasteiger partial charge in [0.2, 0.25) is 5.60 Å². The average molecular weight is 431 g/mol. The number of imide groups is 1. The molecule has 2 N–H and O–H groups in total. The molecule has 2 aliphatic rings. The number of aromatic nitrogens is 2. The van der Waals surface area contributed by atoms with Crippen LogP contribution in [0, 0.1) is 6.92 Å². The number of aryl methyl sites for hydroxylation is 2. The minimum Gasteiger partial charge on any atom is -0.494 e. The van der Waals surface area contributed by atoms with Crippen LogP contribution in [0.3, 0.4) is 0 Å². The lowest BCUT2D eigenvalue weighted by Gasteiger charge is -2.40. The number of fused-ring (bicyclic) bond motifs is 10. The zero-order valence-electron chi connectivity index (χ0n) is 18.0. The molecule has 2 amide bonds. The Morgan fingerprint density at radius 2 is 1.62 bits per heavy atom. The fraction of sp³-hybridized carbons (Fsp3) is 0.250. The monoisotopic (exact) mass is 431 g/mol. The number of ether oxygens (including phenoxy) is 1. The van der Waals surface area contributed by atoms with Crippen molar-refractivity contribution in [3.63, 3.8) is 0 Å². The summed E-state index contributed by atoms with van der Waals surface area (Å²) in [5.74, 6) is -1.31. The molecule has 8 heteroatoms. The molecule has 162 valence electrons. The van der Waals surface area contributed by atoms with Gasteiger partial charge in [0.25, 0.3) is 17.5 Å². The van der Waals surface area contributed by atoms with Gasteiger partial charge in [0.15, 0.2) is 5.75 Å². The summed E-state index contributed by atoms with van der Waals surface area (Å²) in [4.78, 5) is 27.6. The van der Waals surface area contributed by atoms with Crippen molar-refractivity contribution in [1.82, 2.24) is 14.0 Å². The molecule has 6 rings (SSSR count). The van der Waals surface area contributed by atoms with Crippen molar-refractivity contribution >= 4 is 33.6 Å². The van der Waals surface area contributed by atoms with E-state index in [1.165, 1.54) is 18.7 Å². The van der Waals surface area contributed by atoms with Crippen LogP contribution < -0.4 is 4.74 Å². The molecule has 0 spiro atoms. The molecule has 2 aromatic carbocycles. The summed E-state index contributed by atoms with van der Waals surface area (Å²) in [5, 5.41) is 25.4. The maximum atomic E-state index is 13.4. The van der Waals surface area contributed by atoms with Crippen molar-refractivity contribution in [3.05, 3.63) is 53.6 Å². The molecule has 2 atom stereocenters. The number of rotatable bonds is 1. The highest BCUT2D eigenvalue weighted by Crippen LogP contribution is 2.59. The largest absolute Gasteiger partial charge is 0.494 e. The van der Waals surface area contributed by atoms with Crippen molar-refractivity contribution < 1.29 is 24.5 Å². The highest BCUT2D eigenvalue weighted by Gasteiger charge is 2.74. The summed E-state index contributed by atoms with van der Waals surface area (Å²) in [6, 6.07) is 12.8. The number of carbonyl (C=O) groups excluding carboxylic acids is 2. The number of carbonyl (C=O) groups is 2. The van der Waals surface area contributed by atoms with Crippen molar-refractivity contribution in [2.45, 2.75) is 18.2 Å². The number of benzene rings is 2. The molecule has 0 saturated carbocycles. The van der Waals surface area contributed by atoms with Crippen LogP contribution >= 0.6 is 0 Å². The Labute approximate surface area is 182 Å². The lowest BCUT2D eigenvalue weighted by atomic mass is 9.79. The van der Waals surface area contributed by atoms with Crippen LogP contribution in [-0.2, 0) is 28.0 Å². The molecule has 1 saturated heterocycles. The fourth-order valence-electron chi connectivity index (χ4n) is 5.58. The SMILES string of the molecule is COc1c2n(c3ccc(C)cc13)[C@]1(O)C(=O)N(C)C(=O)[C@]1(O)c1c-2n(C)c2ccccc12. The molecule has 8 nitrogen and oxygen atoms in total. The normalized spacial score (nSPS) is 24.2. The van der Waals surface area contributed by atoms with Gasteiger partial charge in [-0.15, -0.1) is 0 Å². The molecule has 4 aromatic rings. The smallest absolute Gasteiger partial charge is 0.286 e. The van der Waals surface area contributed by atoms with Crippen LogP contribution in [0.15, 0.2) is 42.5 Å². The third kappa shape index (κ3) is 1.72. The second kappa shape index (κ2) is 5.59. The number of hydrogen-bond donors (Lipinski definition) is 2. The Morgan fingerprint density at radius 3 is 2.34 bits per heavy atom. The Hall–Kier alpha value is -3.62. The van der Waals surface area contributed by atoms with Crippen LogP contribution in [0.5, 0.6) is 5.75 Å². The molecule has 1 fully saturated rings. The van der Waals surface area contributed by atoms with Gasteiger partial charge in [0, 0.05) is 35.9 Å². The van der Waals surface area contributed by atoms with Crippen LogP contribution in [-0.4, -0.2) is 50.2 Å². The molecule has 0 aliphatic carbocycles. The van der Waals surface area contributed by atoms with Crippen molar-refractivity contribution in [2.75, 3.05) is 14.2 Å². The summed E-state index contributed by atoms with van der Waals surface area (Å²) in [5.41, 5.74) is -1.74. The Bertz CT molecular complexity index is 1530. The van der Waals surface area contributed by atoms with Gasteiger partial charge in [0.1, 0.15) is 5.69 Å². The zero-order chi connectivity index (χ0) is 22.7. The van der Waals surface area contributed by atoms with E-state index in [9.17, 15) is 19.8 Å². The van der Waals surface area contributed by atoms with Gasteiger partial charge in [-0.1, -0.05) is 29.8 Å². The van der Waals surface area contributed by atoms with Crippen molar-refractivity contribution in [1.29, 1.82) is 0 Å². The molecule has 4 heterocycles. The van der Waals surface area contributed by atoms with E-state index < -0.39 is 23.1 Å². The number of likely N-dealkylation sites (tertiary alicyclic amines) is 1. The third-order valence-corrected chi connectivity index (χ3v) is 7.02. The van der Waals surface area contributed by atoms with E-state index in [2.05, 4.69) is 0 Å². The van der Waals surface area contributed by atoms with E-state index in [0.717, 1.165) is 16.0 Å². The molecular formula is C24H21N3O5. The second-order valence-electron chi connectivity index (χ2n) is 8.59. The van der Waals surface area contributed by atoms with E-state index in [4.69, 9.17) is 4.74 Å². The van der Waals surface area contributed by atoms with Crippen LogP contribution in [0.2, 0.25) is 0 Å². The lowest BCUT2D eigenvalue weighted by Crippen LogP contribution is -2.58. The zero-order valence-corrected chi connectivity index (χ0v) is 18.0. The summed E-state index contributed by atoms with van der Waals surface area (Å²) >= 11 is 0. The molecule has 2 aliphatic heterocycles. The highest BCUT2D eigenvalue weighted by atomic mass is 16.5. The minimum absolute atomic E-state index is 0.200. The summed E-state index contributed by atoms with van der Waals surface area (Å²) in [6.45, 7) is 1.93. The van der Waals surface area contributed by atoms with Gasteiger partial charge in [0.05, 0.1) is 18.3 Å². The van der Waals surface area contributed by atoms with E-state index in [1.807, 2.05) is 42.8 Å². The van der Waals surface area contributed by atoms with Crippen molar-refractivity contribution in [2.24, 2.45) is 7.05 Å². The van der Waals surface area contributed by atoms with Gasteiger partial charge in [-0.05, 0) is 25.1 Å². The maximum Gasteiger partial charge on any atom is 0.286 e. The van der Waals surface area contributed by atoms with Gasteiger partial charge < -0.3 is 19.5 Å². The number of nitrogens with zero attached hydrogens (tertiary/aromatic N) is 3. The fourth-order valence-corrected chi connectivity index (χ4v) is 5.58. The highest BCUT2D eigenvalue weighted by molar-refractivity contribution is 6.17. The second-order valence-corrected chi connectivity index (χ2v) is 8.59. The predicted molar refractivity (Wildman–Crippen MR) is 117 cm³/mol. The summed E-state index contributed by atoms with van der Waals surface area (Å²) < 4.78 is 9.03. The van der Waals surface area contributed by atoms with Gasteiger partial charge in [-0.25, -0.2) is 0 Å². The predicted octanol–water partition coefficient (Wildman–Crippen LogP) is 1.96. The van der Waals surface area contributed by atoms with E-state index >= 15 is 0 Å². The first-order valence-electron chi connectivity index (χ1n) is 10.2. The van der Waals surface area contributed by atoms with Crippen LogP contribution in [0.25, 0.3) is 33.2 Å². The maximum absolute atomic E-state index is 13.4.